The third kappa shape index (κ3) is 7.29. The summed E-state index contributed by atoms with van der Waals surface area (Å²) in [7, 11) is 0. The zero-order valence-corrected chi connectivity index (χ0v) is 37.6. The molecular formula is C60H42N8. The van der Waals surface area contributed by atoms with Crippen molar-refractivity contribution in [2.24, 2.45) is 0 Å². The predicted molar refractivity (Wildman–Crippen MR) is 272 cm³/mol. The number of hydrogen-bond donors (Lipinski definition) is 0. The zero-order chi connectivity index (χ0) is 45.8. The van der Waals surface area contributed by atoms with Crippen LogP contribution in [-0.2, 0) is 5.41 Å². The van der Waals surface area contributed by atoms with E-state index in [2.05, 4.69) is 144 Å². The van der Waals surface area contributed by atoms with E-state index in [0.29, 0.717) is 23.3 Å². The molecule has 6 aromatic carbocycles. The van der Waals surface area contributed by atoms with Crippen LogP contribution < -0.4 is 0 Å². The molecule has 0 atom stereocenters. The number of fused-ring (bicyclic) bond motifs is 5. The summed E-state index contributed by atoms with van der Waals surface area (Å²) in [5.41, 5.74) is 17.2. The van der Waals surface area contributed by atoms with Gasteiger partial charge in [0, 0.05) is 75.3 Å². The number of aryl methyl sites for hydroxylation is 1. The van der Waals surface area contributed by atoms with Crippen LogP contribution >= 0.6 is 0 Å². The maximum absolute atomic E-state index is 5.29. The van der Waals surface area contributed by atoms with Gasteiger partial charge in [-0.05, 0) is 117 Å². The van der Waals surface area contributed by atoms with Gasteiger partial charge < -0.3 is 0 Å². The normalized spacial score (nSPS) is 12.5. The molecule has 5 aromatic heterocycles. The number of benzene rings is 6. The molecule has 0 unspecified atom stereocenters. The summed E-state index contributed by atoms with van der Waals surface area (Å²) >= 11 is 0. The van der Waals surface area contributed by atoms with Crippen LogP contribution in [0.15, 0.2) is 201 Å². The lowest BCUT2D eigenvalue weighted by atomic mass is 9.80. The molecule has 68 heavy (non-hydrogen) atoms. The molecule has 8 heteroatoms. The first kappa shape index (κ1) is 40.6. The Morgan fingerprint density at radius 3 is 1.63 bits per heavy atom. The van der Waals surface area contributed by atoms with Crippen molar-refractivity contribution >= 4 is 10.8 Å². The van der Waals surface area contributed by atoms with Crippen LogP contribution in [0.4, 0.5) is 0 Å². The number of hydrogen-bond acceptors (Lipinski definition) is 8. The Balaban J connectivity index is 1.08. The fraction of sp³-hybridized carbons (Fsp3) is 0.0667. The lowest BCUT2D eigenvalue weighted by molar-refractivity contribution is 0.661. The standard InChI is InChI=1S/C60H42N8/c1-37-16-25-53(65-36-37)42-26-30-62-54(34-42)44-31-43(49-35-51-55(47-12-5-4-11-46(47)49)48-13-6-7-14-50(48)60(51,2)3)32-45(33-44)59-67-57(40-19-17-38(18-20-40)52-15-8-9-27-61-52)66-58(68-59)41-23-21-39(22-24-41)56-63-28-10-29-64-56/h4-36H,1-3H3. The van der Waals surface area contributed by atoms with Gasteiger partial charge in [-0.15, -0.1) is 0 Å². The highest BCUT2D eigenvalue weighted by molar-refractivity contribution is 6.09. The van der Waals surface area contributed by atoms with E-state index in [4.69, 9.17) is 24.9 Å². The van der Waals surface area contributed by atoms with Gasteiger partial charge in [0.1, 0.15) is 0 Å². The van der Waals surface area contributed by atoms with Crippen LogP contribution in [0.25, 0.3) is 112 Å². The monoisotopic (exact) mass is 874 g/mol. The molecule has 1 aliphatic rings. The van der Waals surface area contributed by atoms with E-state index in [-0.39, 0.29) is 5.41 Å². The molecule has 0 bridgehead atoms. The van der Waals surface area contributed by atoms with Gasteiger partial charge in [-0.25, -0.2) is 24.9 Å². The molecule has 0 spiro atoms. The Morgan fingerprint density at radius 2 is 0.926 bits per heavy atom. The van der Waals surface area contributed by atoms with E-state index in [1.54, 1.807) is 12.4 Å². The second-order valence-corrected chi connectivity index (χ2v) is 17.8. The number of pyridine rings is 3. The van der Waals surface area contributed by atoms with Gasteiger partial charge in [0.25, 0.3) is 0 Å². The molecule has 12 rings (SSSR count). The molecule has 0 N–H and O–H groups in total. The van der Waals surface area contributed by atoms with E-state index in [0.717, 1.165) is 72.7 Å². The summed E-state index contributed by atoms with van der Waals surface area (Å²) in [6.45, 7) is 6.72. The van der Waals surface area contributed by atoms with Crippen LogP contribution in [0.5, 0.6) is 0 Å². The van der Waals surface area contributed by atoms with Crippen molar-refractivity contribution < 1.29 is 0 Å². The first-order valence-corrected chi connectivity index (χ1v) is 22.7. The van der Waals surface area contributed by atoms with Gasteiger partial charge in [-0.2, -0.15) is 0 Å². The number of nitrogens with zero attached hydrogens (tertiary/aromatic N) is 8. The van der Waals surface area contributed by atoms with Crippen molar-refractivity contribution in [1.82, 2.24) is 39.9 Å². The Morgan fingerprint density at radius 1 is 0.338 bits per heavy atom. The lowest BCUT2D eigenvalue weighted by Gasteiger charge is -2.23. The van der Waals surface area contributed by atoms with Crippen molar-refractivity contribution in [3.8, 4) is 102 Å². The molecule has 0 amide bonds. The average molecular weight is 875 g/mol. The van der Waals surface area contributed by atoms with Crippen LogP contribution in [0.1, 0.15) is 30.5 Å². The predicted octanol–water partition coefficient (Wildman–Crippen LogP) is 14.0. The maximum atomic E-state index is 5.29. The topological polar surface area (TPSA) is 103 Å². The van der Waals surface area contributed by atoms with E-state index in [1.165, 1.54) is 33.0 Å². The highest BCUT2D eigenvalue weighted by atomic mass is 15.0. The smallest absolute Gasteiger partial charge is 0.164 e. The van der Waals surface area contributed by atoms with Gasteiger partial charge in [-0.3, -0.25) is 15.0 Å². The van der Waals surface area contributed by atoms with Gasteiger partial charge >= 0.3 is 0 Å². The minimum Gasteiger partial charge on any atom is -0.256 e. The summed E-state index contributed by atoms with van der Waals surface area (Å²) in [6.07, 6.45) is 9.07. The highest BCUT2D eigenvalue weighted by Crippen LogP contribution is 2.53. The molecule has 0 radical (unpaired) electrons. The van der Waals surface area contributed by atoms with Gasteiger partial charge in [0.2, 0.25) is 0 Å². The molecule has 0 saturated carbocycles. The van der Waals surface area contributed by atoms with E-state index in [1.807, 2.05) is 80.1 Å². The van der Waals surface area contributed by atoms with Gasteiger partial charge in [-0.1, -0.05) is 123 Å². The third-order valence-electron chi connectivity index (χ3n) is 13.1. The minimum absolute atomic E-state index is 0.214. The molecular weight excluding hydrogens is 833 g/mol. The maximum Gasteiger partial charge on any atom is 0.164 e. The molecule has 1 aliphatic carbocycles. The first-order valence-electron chi connectivity index (χ1n) is 22.7. The quantitative estimate of drug-likeness (QED) is 0.149. The Bertz CT molecular complexity index is 3580. The van der Waals surface area contributed by atoms with Gasteiger partial charge in [0.15, 0.2) is 23.3 Å². The van der Waals surface area contributed by atoms with Crippen molar-refractivity contribution in [3.05, 3.63) is 218 Å². The Labute approximate surface area is 394 Å². The van der Waals surface area contributed by atoms with Crippen LogP contribution in [0.3, 0.4) is 0 Å². The third-order valence-corrected chi connectivity index (χ3v) is 13.1. The van der Waals surface area contributed by atoms with Crippen LogP contribution in [-0.4, -0.2) is 39.9 Å². The number of aromatic nitrogens is 8. The first-order chi connectivity index (χ1) is 33.3. The summed E-state index contributed by atoms with van der Waals surface area (Å²) in [4.78, 5) is 39.0. The van der Waals surface area contributed by atoms with Crippen LogP contribution in [0.2, 0.25) is 0 Å². The number of rotatable bonds is 8. The summed E-state index contributed by atoms with van der Waals surface area (Å²) < 4.78 is 0. The molecule has 0 aliphatic heterocycles. The van der Waals surface area contributed by atoms with Crippen molar-refractivity contribution in [2.75, 3.05) is 0 Å². The fourth-order valence-corrected chi connectivity index (χ4v) is 9.54. The molecule has 11 aromatic rings. The Hall–Kier alpha value is -8.88. The van der Waals surface area contributed by atoms with Crippen molar-refractivity contribution in [3.63, 3.8) is 0 Å². The van der Waals surface area contributed by atoms with E-state index < -0.39 is 0 Å². The highest BCUT2D eigenvalue weighted by Gasteiger charge is 2.37. The van der Waals surface area contributed by atoms with Crippen molar-refractivity contribution in [1.29, 1.82) is 0 Å². The lowest BCUT2D eigenvalue weighted by Crippen LogP contribution is -2.15. The van der Waals surface area contributed by atoms with Crippen LogP contribution in [0, 0.1) is 6.92 Å². The van der Waals surface area contributed by atoms with Crippen molar-refractivity contribution in [2.45, 2.75) is 26.2 Å². The van der Waals surface area contributed by atoms with E-state index in [9.17, 15) is 0 Å². The second kappa shape index (κ2) is 16.5. The average Bonchev–Trinajstić information content (AvgIpc) is 3.64. The molecule has 8 nitrogen and oxygen atoms in total. The summed E-state index contributed by atoms with van der Waals surface area (Å²) in [6, 6.07) is 59.0. The SMILES string of the molecule is Cc1ccc(-c2ccnc(-c3cc(-c4nc(-c5ccc(-c6ccccn6)cc5)nc(-c5ccc(-c6ncccn6)cc5)n4)cc(-c4cc5c(c6ccccc46)-c4ccccc4C5(C)C)c3)c2)nc1. The minimum atomic E-state index is -0.214. The molecule has 0 saturated heterocycles. The zero-order valence-electron chi connectivity index (χ0n) is 37.6. The second-order valence-electron chi connectivity index (χ2n) is 17.8. The summed E-state index contributed by atoms with van der Waals surface area (Å²) in [5, 5.41) is 2.39. The molecule has 322 valence electrons. The largest absolute Gasteiger partial charge is 0.256 e. The fourth-order valence-electron chi connectivity index (χ4n) is 9.54. The molecule has 5 heterocycles. The van der Waals surface area contributed by atoms with Gasteiger partial charge in [0.05, 0.1) is 17.1 Å². The Kier molecular flexibility index (Phi) is 9.87. The molecule has 0 fully saturated rings. The summed E-state index contributed by atoms with van der Waals surface area (Å²) in [5.74, 6) is 2.27. The van der Waals surface area contributed by atoms with E-state index >= 15 is 0 Å².